The number of amides is 1. The third kappa shape index (κ3) is 4.00. The third-order valence-electron chi connectivity index (χ3n) is 4.60. The summed E-state index contributed by atoms with van der Waals surface area (Å²) in [5, 5.41) is 1.15. The van der Waals surface area contributed by atoms with Crippen LogP contribution in [0, 0.1) is 0 Å². The smallest absolute Gasteiger partial charge is 0.246 e. The maximum atomic E-state index is 12.4. The summed E-state index contributed by atoms with van der Waals surface area (Å²) in [5.41, 5.74) is 2.13. The van der Waals surface area contributed by atoms with E-state index in [-0.39, 0.29) is 5.91 Å². The van der Waals surface area contributed by atoms with E-state index in [2.05, 4.69) is 23.1 Å². The molecule has 0 saturated carbocycles. The number of nitrogens with zero attached hydrogens (tertiary/aromatic N) is 3. The van der Waals surface area contributed by atoms with E-state index >= 15 is 0 Å². The van der Waals surface area contributed by atoms with Gasteiger partial charge in [0, 0.05) is 32.3 Å². The fraction of sp³-hybridized carbons (Fsp3) is 0.238. The van der Waals surface area contributed by atoms with Crippen molar-refractivity contribution in [2.24, 2.45) is 0 Å². The van der Waals surface area contributed by atoms with Crippen molar-refractivity contribution in [3.63, 3.8) is 0 Å². The predicted octanol–water partition coefficient (Wildman–Crippen LogP) is 3.65. The van der Waals surface area contributed by atoms with E-state index in [1.54, 1.807) is 17.4 Å². The van der Waals surface area contributed by atoms with Crippen molar-refractivity contribution in [3.05, 3.63) is 71.2 Å². The summed E-state index contributed by atoms with van der Waals surface area (Å²) in [6.45, 7) is 4.18. The van der Waals surface area contributed by atoms with Crippen LogP contribution in [-0.2, 0) is 11.3 Å². The third-order valence-corrected chi connectivity index (χ3v) is 5.62. The summed E-state index contributed by atoms with van der Waals surface area (Å²) in [5.74, 6) is 0.0912. The molecule has 5 heteroatoms. The summed E-state index contributed by atoms with van der Waals surface area (Å²) in [7, 11) is 0. The predicted molar refractivity (Wildman–Crippen MR) is 107 cm³/mol. The van der Waals surface area contributed by atoms with Gasteiger partial charge in [-0.1, -0.05) is 42.5 Å². The molecule has 2 aromatic carbocycles. The Balaban J connectivity index is 1.31. The zero-order valence-electron chi connectivity index (χ0n) is 14.5. The average molecular weight is 363 g/mol. The zero-order chi connectivity index (χ0) is 17.8. The molecule has 0 aliphatic carbocycles. The van der Waals surface area contributed by atoms with Crippen LogP contribution in [0.3, 0.4) is 0 Å². The van der Waals surface area contributed by atoms with Crippen LogP contribution in [-0.4, -0.2) is 46.9 Å². The summed E-state index contributed by atoms with van der Waals surface area (Å²) in [6.07, 6.45) is 3.56. The average Bonchev–Trinajstić information content (AvgIpc) is 3.10. The van der Waals surface area contributed by atoms with Crippen LogP contribution in [0.4, 0.5) is 0 Å². The molecule has 0 atom stereocenters. The Morgan fingerprint density at radius 2 is 1.73 bits per heavy atom. The quantitative estimate of drug-likeness (QED) is 0.664. The molecule has 0 bridgehead atoms. The van der Waals surface area contributed by atoms with Gasteiger partial charge in [-0.2, -0.15) is 0 Å². The number of benzene rings is 2. The van der Waals surface area contributed by atoms with Crippen LogP contribution in [0.25, 0.3) is 16.3 Å². The van der Waals surface area contributed by atoms with E-state index in [0.717, 1.165) is 48.8 Å². The largest absolute Gasteiger partial charge is 0.337 e. The lowest BCUT2D eigenvalue weighted by Gasteiger charge is -2.33. The molecule has 0 radical (unpaired) electrons. The molecule has 2 heterocycles. The van der Waals surface area contributed by atoms with E-state index < -0.39 is 0 Å². The molecule has 1 saturated heterocycles. The summed E-state index contributed by atoms with van der Waals surface area (Å²) >= 11 is 1.76. The number of carbonyl (C=O) groups excluding carboxylic acids is 1. The Bertz CT molecular complexity index is 878. The molecular weight excluding hydrogens is 342 g/mol. The first kappa shape index (κ1) is 16.9. The van der Waals surface area contributed by atoms with Gasteiger partial charge in [-0.3, -0.25) is 9.69 Å². The lowest BCUT2D eigenvalue weighted by molar-refractivity contribution is -0.127. The van der Waals surface area contributed by atoms with Crippen molar-refractivity contribution in [2.75, 3.05) is 26.2 Å². The highest BCUT2D eigenvalue weighted by atomic mass is 32.1. The minimum absolute atomic E-state index is 0.0912. The molecule has 4 rings (SSSR count). The molecule has 4 nitrogen and oxygen atoms in total. The molecule has 1 amide bonds. The molecule has 1 aromatic heterocycles. The molecule has 0 spiro atoms. The Hall–Kier alpha value is -2.50. The van der Waals surface area contributed by atoms with Gasteiger partial charge in [-0.05, 0) is 23.8 Å². The fourth-order valence-electron chi connectivity index (χ4n) is 3.14. The van der Waals surface area contributed by atoms with Crippen LogP contribution in [0.5, 0.6) is 0 Å². The van der Waals surface area contributed by atoms with Crippen molar-refractivity contribution < 1.29 is 4.79 Å². The SMILES string of the molecule is O=C(/C=C/c1ccccc1)N1CCN(Cc2nc3ccccc3s2)CC1. The molecular formula is C21H21N3OS. The number of rotatable bonds is 4. The molecule has 1 aliphatic heterocycles. The monoisotopic (exact) mass is 363 g/mol. The number of hydrogen-bond acceptors (Lipinski definition) is 4. The minimum Gasteiger partial charge on any atom is -0.337 e. The van der Waals surface area contributed by atoms with E-state index in [0.29, 0.717) is 0 Å². The summed E-state index contributed by atoms with van der Waals surface area (Å²) in [6, 6.07) is 18.2. The van der Waals surface area contributed by atoms with E-state index in [1.165, 1.54) is 4.70 Å². The zero-order valence-corrected chi connectivity index (χ0v) is 15.4. The summed E-state index contributed by atoms with van der Waals surface area (Å²) in [4.78, 5) is 21.4. The van der Waals surface area contributed by atoms with Gasteiger partial charge in [-0.25, -0.2) is 4.98 Å². The number of thiazole rings is 1. The van der Waals surface area contributed by atoms with Gasteiger partial charge in [0.15, 0.2) is 0 Å². The van der Waals surface area contributed by atoms with Crippen molar-refractivity contribution in [2.45, 2.75) is 6.54 Å². The summed E-state index contributed by atoms with van der Waals surface area (Å²) < 4.78 is 1.24. The van der Waals surface area contributed by atoms with Crippen LogP contribution in [0.1, 0.15) is 10.6 Å². The molecule has 26 heavy (non-hydrogen) atoms. The van der Waals surface area contributed by atoms with Crippen LogP contribution in [0.15, 0.2) is 60.7 Å². The Morgan fingerprint density at radius 3 is 2.50 bits per heavy atom. The second-order valence-electron chi connectivity index (χ2n) is 6.42. The second kappa shape index (κ2) is 7.81. The fourth-order valence-corrected chi connectivity index (χ4v) is 4.15. The van der Waals surface area contributed by atoms with Crippen molar-refractivity contribution in [1.29, 1.82) is 0 Å². The number of carbonyl (C=O) groups is 1. The van der Waals surface area contributed by atoms with Crippen molar-refractivity contribution in [1.82, 2.24) is 14.8 Å². The molecule has 132 valence electrons. The van der Waals surface area contributed by atoms with Gasteiger partial charge in [0.2, 0.25) is 5.91 Å². The molecule has 1 fully saturated rings. The van der Waals surface area contributed by atoms with Crippen LogP contribution < -0.4 is 0 Å². The van der Waals surface area contributed by atoms with E-state index in [9.17, 15) is 4.79 Å². The van der Waals surface area contributed by atoms with Gasteiger partial charge in [0.1, 0.15) is 5.01 Å². The van der Waals surface area contributed by atoms with Crippen LogP contribution in [0.2, 0.25) is 0 Å². The Morgan fingerprint density at radius 1 is 1.00 bits per heavy atom. The Labute approximate surface area is 157 Å². The number of aromatic nitrogens is 1. The molecule has 1 aliphatic rings. The maximum Gasteiger partial charge on any atom is 0.246 e. The van der Waals surface area contributed by atoms with E-state index in [1.807, 2.05) is 47.4 Å². The standard InChI is InChI=1S/C21H21N3OS/c25-21(11-10-17-6-2-1-3-7-17)24-14-12-23(13-15-24)16-20-22-18-8-4-5-9-19(18)26-20/h1-11H,12-16H2/b11-10+. The maximum absolute atomic E-state index is 12.4. The van der Waals surface area contributed by atoms with Gasteiger partial charge >= 0.3 is 0 Å². The van der Waals surface area contributed by atoms with Gasteiger partial charge in [-0.15, -0.1) is 11.3 Å². The Kier molecular flexibility index (Phi) is 5.09. The first-order chi connectivity index (χ1) is 12.8. The first-order valence-corrected chi connectivity index (χ1v) is 9.68. The number of piperazine rings is 1. The van der Waals surface area contributed by atoms with E-state index in [4.69, 9.17) is 4.98 Å². The van der Waals surface area contributed by atoms with Gasteiger partial charge < -0.3 is 4.90 Å². The lowest BCUT2D eigenvalue weighted by atomic mass is 10.2. The van der Waals surface area contributed by atoms with Gasteiger partial charge in [0.25, 0.3) is 0 Å². The van der Waals surface area contributed by atoms with Crippen LogP contribution >= 0.6 is 11.3 Å². The number of fused-ring (bicyclic) bond motifs is 1. The van der Waals surface area contributed by atoms with Gasteiger partial charge in [0.05, 0.1) is 16.8 Å². The van der Waals surface area contributed by atoms with Crippen molar-refractivity contribution in [3.8, 4) is 0 Å². The highest BCUT2D eigenvalue weighted by Gasteiger charge is 2.20. The number of para-hydroxylation sites is 1. The molecule has 3 aromatic rings. The molecule has 0 N–H and O–H groups in total. The normalized spacial score (nSPS) is 15.8. The highest BCUT2D eigenvalue weighted by molar-refractivity contribution is 7.18. The highest BCUT2D eigenvalue weighted by Crippen LogP contribution is 2.23. The number of hydrogen-bond donors (Lipinski definition) is 0. The van der Waals surface area contributed by atoms with Crippen molar-refractivity contribution >= 4 is 33.5 Å². The topological polar surface area (TPSA) is 36.4 Å². The first-order valence-electron chi connectivity index (χ1n) is 8.87. The second-order valence-corrected chi connectivity index (χ2v) is 7.54. The minimum atomic E-state index is 0.0912. The molecule has 0 unspecified atom stereocenters. The lowest BCUT2D eigenvalue weighted by Crippen LogP contribution is -2.47.